The summed E-state index contributed by atoms with van der Waals surface area (Å²) in [5.74, 6) is 0.926. The van der Waals surface area contributed by atoms with Crippen molar-refractivity contribution in [3.8, 4) is 11.5 Å². The minimum atomic E-state index is -0.330. The molecule has 0 unspecified atom stereocenters. The maximum Gasteiger partial charge on any atom is 0.161 e. The fourth-order valence-corrected chi connectivity index (χ4v) is 1.75. The van der Waals surface area contributed by atoms with Crippen molar-refractivity contribution in [3.63, 3.8) is 0 Å². The van der Waals surface area contributed by atoms with E-state index in [1.54, 1.807) is 7.11 Å². The van der Waals surface area contributed by atoms with Crippen LogP contribution in [0.25, 0.3) is 0 Å². The third kappa shape index (κ3) is 3.16. The fourth-order valence-electron chi connectivity index (χ4n) is 1.75. The number of ether oxygens (including phenoxy) is 2. The van der Waals surface area contributed by atoms with Gasteiger partial charge in [-0.1, -0.05) is 6.07 Å². The first-order valence-electron chi connectivity index (χ1n) is 5.91. The average Bonchev–Trinajstić information content (AvgIpc) is 2.40. The van der Waals surface area contributed by atoms with E-state index in [-0.39, 0.29) is 12.4 Å². The summed E-state index contributed by atoms with van der Waals surface area (Å²) in [5, 5.41) is 0. The summed E-state index contributed by atoms with van der Waals surface area (Å²) >= 11 is 0. The van der Waals surface area contributed by atoms with Crippen LogP contribution >= 0.6 is 0 Å². The number of nitrogens with two attached hydrogens (primary N) is 1. The summed E-state index contributed by atoms with van der Waals surface area (Å²) in [5.41, 5.74) is 7.97. The maximum absolute atomic E-state index is 13.1. The van der Waals surface area contributed by atoms with Gasteiger partial charge < -0.3 is 15.2 Å². The molecule has 2 aromatic rings. The summed E-state index contributed by atoms with van der Waals surface area (Å²) in [6.07, 6.45) is 0. The summed E-state index contributed by atoms with van der Waals surface area (Å²) in [6.45, 7) is 2.17. The van der Waals surface area contributed by atoms with Crippen molar-refractivity contribution in [2.45, 2.75) is 13.5 Å². The van der Waals surface area contributed by atoms with Crippen LogP contribution in [0.3, 0.4) is 0 Å². The number of methoxy groups -OCH3 is 1. The van der Waals surface area contributed by atoms with E-state index in [1.165, 1.54) is 18.2 Å². The van der Waals surface area contributed by atoms with E-state index in [2.05, 4.69) is 0 Å². The number of nitrogen functional groups attached to an aromatic ring is 1. The van der Waals surface area contributed by atoms with Gasteiger partial charge in [0.25, 0.3) is 0 Å². The third-order valence-electron chi connectivity index (χ3n) is 2.81. The lowest BCUT2D eigenvalue weighted by Crippen LogP contribution is -2.02. The molecule has 0 aliphatic rings. The summed E-state index contributed by atoms with van der Waals surface area (Å²) in [4.78, 5) is 0. The third-order valence-corrected chi connectivity index (χ3v) is 2.81. The van der Waals surface area contributed by atoms with Crippen LogP contribution in [0.2, 0.25) is 0 Å². The zero-order chi connectivity index (χ0) is 13.8. The predicted octanol–water partition coefficient (Wildman–Crippen LogP) is 3.30. The Morgan fingerprint density at radius 3 is 2.63 bits per heavy atom. The highest BCUT2D eigenvalue weighted by atomic mass is 19.1. The molecule has 0 fully saturated rings. The van der Waals surface area contributed by atoms with E-state index in [0.29, 0.717) is 22.7 Å². The number of benzene rings is 2. The zero-order valence-electron chi connectivity index (χ0n) is 10.9. The summed E-state index contributed by atoms with van der Waals surface area (Å²) in [6, 6.07) is 9.85. The largest absolute Gasteiger partial charge is 0.493 e. The van der Waals surface area contributed by atoms with Gasteiger partial charge in [-0.2, -0.15) is 0 Å². The van der Waals surface area contributed by atoms with Gasteiger partial charge in [0.2, 0.25) is 0 Å². The standard InChI is InChI=1S/C15H16FNO2/c1-10-3-6-14(15(7-10)18-2)19-9-11-8-12(16)4-5-13(11)17/h3-8H,9,17H2,1-2H3. The number of halogens is 1. The zero-order valence-corrected chi connectivity index (χ0v) is 10.9. The number of rotatable bonds is 4. The van der Waals surface area contributed by atoms with Crippen molar-refractivity contribution in [2.24, 2.45) is 0 Å². The average molecular weight is 261 g/mol. The Balaban J connectivity index is 2.16. The molecule has 0 amide bonds. The summed E-state index contributed by atoms with van der Waals surface area (Å²) < 4.78 is 24.0. The van der Waals surface area contributed by atoms with Gasteiger partial charge in [-0.05, 0) is 42.8 Å². The second kappa shape index (κ2) is 5.61. The van der Waals surface area contributed by atoms with E-state index in [9.17, 15) is 4.39 Å². The molecule has 4 heteroatoms. The highest BCUT2D eigenvalue weighted by Gasteiger charge is 2.07. The Morgan fingerprint density at radius 2 is 1.89 bits per heavy atom. The maximum atomic E-state index is 13.1. The normalized spacial score (nSPS) is 10.3. The number of hydrogen-bond acceptors (Lipinski definition) is 3. The molecule has 2 aromatic carbocycles. The Kier molecular flexibility index (Phi) is 3.90. The van der Waals surface area contributed by atoms with Crippen LogP contribution < -0.4 is 15.2 Å². The van der Waals surface area contributed by atoms with Crippen molar-refractivity contribution in [1.82, 2.24) is 0 Å². The topological polar surface area (TPSA) is 44.5 Å². The van der Waals surface area contributed by atoms with Gasteiger partial charge in [-0.15, -0.1) is 0 Å². The van der Waals surface area contributed by atoms with Gasteiger partial charge in [0.1, 0.15) is 12.4 Å². The van der Waals surface area contributed by atoms with E-state index in [1.807, 2.05) is 25.1 Å². The molecule has 0 aliphatic heterocycles. The van der Waals surface area contributed by atoms with Crippen LogP contribution in [-0.2, 0) is 6.61 Å². The Bertz CT molecular complexity index is 584. The first kappa shape index (κ1) is 13.2. The molecule has 19 heavy (non-hydrogen) atoms. The quantitative estimate of drug-likeness (QED) is 0.859. The molecule has 0 aromatic heterocycles. The highest BCUT2D eigenvalue weighted by Crippen LogP contribution is 2.29. The highest BCUT2D eigenvalue weighted by molar-refractivity contribution is 5.47. The number of hydrogen-bond donors (Lipinski definition) is 1. The first-order valence-corrected chi connectivity index (χ1v) is 5.91. The molecule has 0 saturated carbocycles. The lowest BCUT2D eigenvalue weighted by Gasteiger charge is -2.12. The molecule has 0 radical (unpaired) electrons. The molecule has 0 heterocycles. The van der Waals surface area contributed by atoms with Crippen LogP contribution in [0, 0.1) is 12.7 Å². The molecular formula is C15H16FNO2. The van der Waals surface area contributed by atoms with Crippen molar-refractivity contribution in [2.75, 3.05) is 12.8 Å². The smallest absolute Gasteiger partial charge is 0.161 e. The lowest BCUT2D eigenvalue weighted by atomic mass is 10.2. The monoisotopic (exact) mass is 261 g/mol. The Hall–Kier alpha value is -2.23. The summed E-state index contributed by atoms with van der Waals surface area (Å²) in [7, 11) is 1.58. The minimum absolute atomic E-state index is 0.197. The molecule has 0 atom stereocenters. The van der Waals surface area contributed by atoms with Crippen LogP contribution in [0.5, 0.6) is 11.5 Å². The molecule has 0 aliphatic carbocycles. The van der Waals surface area contributed by atoms with Crippen molar-refractivity contribution in [1.29, 1.82) is 0 Å². The molecule has 2 rings (SSSR count). The molecular weight excluding hydrogens is 245 g/mol. The van der Waals surface area contributed by atoms with Gasteiger partial charge in [0.15, 0.2) is 11.5 Å². The SMILES string of the molecule is COc1cc(C)ccc1OCc1cc(F)ccc1N. The van der Waals surface area contributed by atoms with E-state index in [4.69, 9.17) is 15.2 Å². The number of anilines is 1. The molecule has 2 N–H and O–H groups in total. The predicted molar refractivity (Wildman–Crippen MR) is 72.9 cm³/mol. The van der Waals surface area contributed by atoms with E-state index >= 15 is 0 Å². The van der Waals surface area contributed by atoms with Gasteiger partial charge >= 0.3 is 0 Å². The molecule has 0 spiro atoms. The Labute approximate surface area is 111 Å². The first-order chi connectivity index (χ1) is 9.10. The van der Waals surface area contributed by atoms with Crippen molar-refractivity contribution >= 4 is 5.69 Å². The van der Waals surface area contributed by atoms with Crippen LogP contribution in [0.4, 0.5) is 10.1 Å². The minimum Gasteiger partial charge on any atom is -0.493 e. The molecule has 0 bridgehead atoms. The van der Waals surface area contributed by atoms with Crippen molar-refractivity contribution in [3.05, 3.63) is 53.3 Å². The van der Waals surface area contributed by atoms with Crippen LogP contribution in [0.1, 0.15) is 11.1 Å². The fraction of sp³-hybridized carbons (Fsp3) is 0.200. The lowest BCUT2D eigenvalue weighted by molar-refractivity contribution is 0.284. The van der Waals surface area contributed by atoms with Gasteiger partial charge in [-0.3, -0.25) is 0 Å². The van der Waals surface area contributed by atoms with Crippen molar-refractivity contribution < 1.29 is 13.9 Å². The Morgan fingerprint density at radius 1 is 1.11 bits per heavy atom. The second-order valence-electron chi connectivity index (χ2n) is 4.29. The van der Waals surface area contributed by atoms with Crippen LogP contribution in [0.15, 0.2) is 36.4 Å². The van der Waals surface area contributed by atoms with Gasteiger partial charge in [0, 0.05) is 11.3 Å². The van der Waals surface area contributed by atoms with E-state index in [0.717, 1.165) is 5.56 Å². The van der Waals surface area contributed by atoms with Gasteiger partial charge in [-0.25, -0.2) is 4.39 Å². The van der Waals surface area contributed by atoms with E-state index < -0.39 is 0 Å². The molecule has 3 nitrogen and oxygen atoms in total. The molecule has 100 valence electrons. The van der Waals surface area contributed by atoms with Crippen LogP contribution in [-0.4, -0.2) is 7.11 Å². The second-order valence-corrected chi connectivity index (χ2v) is 4.29. The molecule has 0 saturated heterocycles. The van der Waals surface area contributed by atoms with Gasteiger partial charge in [0.05, 0.1) is 7.11 Å². The number of aryl methyl sites for hydroxylation is 1.